The van der Waals surface area contributed by atoms with E-state index in [1.807, 2.05) is 24.3 Å². The van der Waals surface area contributed by atoms with Crippen LogP contribution in [-0.2, 0) is 11.2 Å². The number of carbonyl (C=O) groups excluding carboxylic acids is 1. The van der Waals surface area contributed by atoms with Gasteiger partial charge in [-0.05, 0) is 50.1 Å². The Balaban J connectivity index is 1.88. The summed E-state index contributed by atoms with van der Waals surface area (Å²) in [4.78, 5) is 16.3. The standard InChI is InChI=1S/C19H25N3O3/c1-13(2)21-15-7-9-18(20-12-15)22-19(23)10-6-14-5-8-16(24-3)17(11-14)25-4/h5,7-9,11-13,21H,6,10H2,1-4H3,(H,20,22,23). The first-order chi connectivity index (χ1) is 12.0. The molecular formula is C19H25N3O3. The molecule has 0 spiro atoms. The monoisotopic (exact) mass is 343 g/mol. The second kappa shape index (κ2) is 8.92. The largest absolute Gasteiger partial charge is 0.493 e. The minimum absolute atomic E-state index is 0.0770. The molecule has 0 fully saturated rings. The molecule has 2 N–H and O–H groups in total. The summed E-state index contributed by atoms with van der Waals surface area (Å²) in [6.45, 7) is 4.12. The number of aromatic nitrogens is 1. The van der Waals surface area contributed by atoms with Crippen LogP contribution >= 0.6 is 0 Å². The third-order valence-corrected chi connectivity index (χ3v) is 3.58. The molecule has 0 aliphatic rings. The van der Waals surface area contributed by atoms with Crippen molar-refractivity contribution in [2.75, 3.05) is 24.9 Å². The average molecular weight is 343 g/mol. The predicted octanol–water partition coefficient (Wildman–Crippen LogP) is 3.49. The molecule has 0 unspecified atom stereocenters. The Morgan fingerprint density at radius 3 is 2.48 bits per heavy atom. The van der Waals surface area contributed by atoms with Gasteiger partial charge in [-0.1, -0.05) is 6.07 Å². The van der Waals surface area contributed by atoms with Crippen LogP contribution < -0.4 is 20.1 Å². The molecule has 0 aliphatic heterocycles. The number of rotatable bonds is 8. The molecule has 2 aromatic rings. The van der Waals surface area contributed by atoms with Crippen LogP contribution in [0.25, 0.3) is 0 Å². The summed E-state index contributed by atoms with van der Waals surface area (Å²) in [6.07, 6.45) is 2.69. The molecule has 0 radical (unpaired) electrons. The molecule has 0 saturated carbocycles. The van der Waals surface area contributed by atoms with Gasteiger partial charge < -0.3 is 20.1 Å². The Hall–Kier alpha value is -2.76. The molecule has 0 aliphatic carbocycles. The number of benzene rings is 1. The first kappa shape index (κ1) is 18.6. The average Bonchev–Trinajstić information content (AvgIpc) is 2.61. The molecule has 1 amide bonds. The molecular weight excluding hydrogens is 318 g/mol. The second-order valence-electron chi connectivity index (χ2n) is 5.97. The number of methoxy groups -OCH3 is 2. The van der Waals surface area contributed by atoms with Crippen LogP contribution in [0.4, 0.5) is 11.5 Å². The van der Waals surface area contributed by atoms with Gasteiger partial charge in [-0.15, -0.1) is 0 Å². The van der Waals surface area contributed by atoms with Gasteiger partial charge >= 0.3 is 0 Å². The van der Waals surface area contributed by atoms with E-state index in [9.17, 15) is 4.79 Å². The van der Waals surface area contributed by atoms with Crippen LogP contribution in [0, 0.1) is 0 Å². The smallest absolute Gasteiger partial charge is 0.225 e. The third kappa shape index (κ3) is 5.67. The van der Waals surface area contributed by atoms with E-state index in [1.165, 1.54) is 0 Å². The van der Waals surface area contributed by atoms with Crippen LogP contribution in [0.15, 0.2) is 36.5 Å². The summed E-state index contributed by atoms with van der Waals surface area (Å²) >= 11 is 0. The quantitative estimate of drug-likeness (QED) is 0.767. The van der Waals surface area contributed by atoms with Crippen molar-refractivity contribution >= 4 is 17.4 Å². The SMILES string of the molecule is COc1ccc(CCC(=O)Nc2ccc(NC(C)C)cn2)cc1OC. The van der Waals surface area contributed by atoms with E-state index < -0.39 is 0 Å². The Bertz CT molecular complexity index is 700. The molecule has 0 atom stereocenters. The zero-order valence-corrected chi connectivity index (χ0v) is 15.1. The van der Waals surface area contributed by atoms with Crippen molar-refractivity contribution in [1.82, 2.24) is 4.98 Å². The van der Waals surface area contributed by atoms with Crippen molar-refractivity contribution in [2.24, 2.45) is 0 Å². The van der Waals surface area contributed by atoms with E-state index >= 15 is 0 Å². The van der Waals surface area contributed by atoms with E-state index in [4.69, 9.17) is 9.47 Å². The van der Waals surface area contributed by atoms with Gasteiger partial charge in [0.05, 0.1) is 26.1 Å². The lowest BCUT2D eigenvalue weighted by molar-refractivity contribution is -0.116. The summed E-state index contributed by atoms with van der Waals surface area (Å²) in [5.41, 5.74) is 1.94. The topological polar surface area (TPSA) is 72.5 Å². The first-order valence-electron chi connectivity index (χ1n) is 8.25. The van der Waals surface area contributed by atoms with Crippen LogP contribution in [0.3, 0.4) is 0 Å². The van der Waals surface area contributed by atoms with Gasteiger partial charge in [0.15, 0.2) is 11.5 Å². The van der Waals surface area contributed by atoms with Gasteiger partial charge in [0.2, 0.25) is 5.91 Å². The van der Waals surface area contributed by atoms with Crippen LogP contribution in [0.5, 0.6) is 11.5 Å². The molecule has 25 heavy (non-hydrogen) atoms. The molecule has 134 valence electrons. The maximum absolute atomic E-state index is 12.1. The number of ether oxygens (including phenoxy) is 2. The fourth-order valence-corrected chi connectivity index (χ4v) is 2.39. The Kier molecular flexibility index (Phi) is 6.62. The van der Waals surface area contributed by atoms with Gasteiger partial charge in [-0.3, -0.25) is 4.79 Å². The third-order valence-electron chi connectivity index (χ3n) is 3.58. The van der Waals surface area contributed by atoms with E-state index in [0.717, 1.165) is 11.3 Å². The molecule has 1 aromatic carbocycles. The summed E-state index contributed by atoms with van der Waals surface area (Å²) in [5.74, 6) is 1.81. The first-order valence-corrected chi connectivity index (χ1v) is 8.25. The van der Waals surface area contributed by atoms with E-state index in [-0.39, 0.29) is 5.91 Å². The molecule has 1 aromatic heterocycles. The number of nitrogens with one attached hydrogen (secondary N) is 2. The fourth-order valence-electron chi connectivity index (χ4n) is 2.39. The number of hydrogen-bond donors (Lipinski definition) is 2. The number of carbonyl (C=O) groups is 1. The van der Waals surface area contributed by atoms with E-state index in [1.54, 1.807) is 26.5 Å². The summed E-state index contributed by atoms with van der Waals surface area (Å²) in [7, 11) is 3.19. The highest BCUT2D eigenvalue weighted by Crippen LogP contribution is 2.28. The number of hydrogen-bond acceptors (Lipinski definition) is 5. The van der Waals surface area contributed by atoms with Gasteiger partial charge in [0, 0.05) is 12.5 Å². The van der Waals surface area contributed by atoms with Crippen LogP contribution in [0.2, 0.25) is 0 Å². The minimum atomic E-state index is -0.0770. The van der Waals surface area contributed by atoms with Gasteiger partial charge in [-0.25, -0.2) is 4.98 Å². The molecule has 0 saturated heterocycles. The number of amides is 1. The van der Waals surface area contributed by atoms with Crippen LogP contribution in [0.1, 0.15) is 25.8 Å². The summed E-state index contributed by atoms with van der Waals surface area (Å²) in [5, 5.41) is 6.06. The number of anilines is 2. The lowest BCUT2D eigenvalue weighted by Crippen LogP contribution is -2.14. The van der Waals surface area contributed by atoms with Gasteiger partial charge in [-0.2, -0.15) is 0 Å². The highest BCUT2D eigenvalue weighted by molar-refractivity contribution is 5.89. The van der Waals surface area contributed by atoms with Crippen molar-refractivity contribution in [3.63, 3.8) is 0 Å². The van der Waals surface area contributed by atoms with Gasteiger partial charge in [0.1, 0.15) is 5.82 Å². The maximum atomic E-state index is 12.1. The predicted molar refractivity (Wildman–Crippen MR) is 99.5 cm³/mol. The van der Waals surface area contributed by atoms with Crippen molar-refractivity contribution < 1.29 is 14.3 Å². The van der Waals surface area contributed by atoms with Crippen molar-refractivity contribution in [3.8, 4) is 11.5 Å². The Morgan fingerprint density at radius 2 is 1.88 bits per heavy atom. The van der Waals surface area contributed by atoms with Crippen molar-refractivity contribution in [1.29, 1.82) is 0 Å². The highest BCUT2D eigenvalue weighted by Gasteiger charge is 2.08. The lowest BCUT2D eigenvalue weighted by atomic mass is 10.1. The van der Waals surface area contributed by atoms with Crippen molar-refractivity contribution in [2.45, 2.75) is 32.7 Å². The zero-order valence-electron chi connectivity index (χ0n) is 15.1. The van der Waals surface area contributed by atoms with Gasteiger partial charge in [0.25, 0.3) is 0 Å². The number of nitrogens with zero attached hydrogens (tertiary/aromatic N) is 1. The number of aryl methyl sites for hydroxylation is 1. The summed E-state index contributed by atoms with van der Waals surface area (Å²) in [6, 6.07) is 9.68. The van der Waals surface area contributed by atoms with Crippen molar-refractivity contribution in [3.05, 3.63) is 42.1 Å². The fraction of sp³-hybridized carbons (Fsp3) is 0.368. The minimum Gasteiger partial charge on any atom is -0.493 e. The maximum Gasteiger partial charge on any atom is 0.225 e. The normalized spacial score (nSPS) is 10.4. The molecule has 6 heteroatoms. The highest BCUT2D eigenvalue weighted by atomic mass is 16.5. The second-order valence-corrected chi connectivity index (χ2v) is 5.97. The zero-order chi connectivity index (χ0) is 18.2. The molecule has 0 bridgehead atoms. The lowest BCUT2D eigenvalue weighted by Gasteiger charge is -2.11. The molecule has 1 heterocycles. The Morgan fingerprint density at radius 1 is 1.12 bits per heavy atom. The Labute approximate surface area is 148 Å². The summed E-state index contributed by atoms with van der Waals surface area (Å²) < 4.78 is 10.5. The van der Waals surface area contributed by atoms with E-state index in [0.29, 0.717) is 36.2 Å². The number of pyridine rings is 1. The molecule has 2 rings (SSSR count). The van der Waals surface area contributed by atoms with E-state index in [2.05, 4.69) is 29.5 Å². The molecule has 6 nitrogen and oxygen atoms in total. The van der Waals surface area contributed by atoms with Crippen LogP contribution in [-0.4, -0.2) is 31.2 Å².